The zero-order valence-electron chi connectivity index (χ0n) is 16.9. The lowest BCUT2D eigenvalue weighted by molar-refractivity contribution is -0.116. The van der Waals surface area contributed by atoms with Crippen molar-refractivity contribution >= 4 is 27.5 Å². The Bertz CT molecular complexity index is 784. The monoisotopic (exact) mass is 431 g/mol. The van der Waals surface area contributed by atoms with Gasteiger partial charge in [-0.25, -0.2) is 0 Å². The van der Waals surface area contributed by atoms with Gasteiger partial charge in [0, 0.05) is 12.1 Å². The Balaban J connectivity index is 1.86. The molecule has 0 fully saturated rings. The van der Waals surface area contributed by atoms with Crippen LogP contribution in [0, 0.1) is 6.92 Å². The van der Waals surface area contributed by atoms with Crippen molar-refractivity contribution in [3.05, 3.63) is 57.6 Å². The number of carbonyl (C=O) groups is 1. The minimum Gasteiger partial charge on any atom is -0.492 e. The third-order valence-electron chi connectivity index (χ3n) is 4.62. The molecule has 0 aliphatic carbocycles. The standard InChI is InChI=1S/C23H30BrNO2/c1-15(2)18-11-12-21(20(24)14-18)27-13-7-10-22(26)25-23-17(5)8-6-9-19(23)16(3)4/h6,8-9,11-12,14-16H,7,10,13H2,1-5H3,(H,25,26). The van der Waals surface area contributed by atoms with Crippen LogP contribution in [-0.4, -0.2) is 12.5 Å². The summed E-state index contributed by atoms with van der Waals surface area (Å²) in [6.45, 7) is 11.2. The largest absolute Gasteiger partial charge is 0.492 e. The molecule has 1 N–H and O–H groups in total. The van der Waals surface area contributed by atoms with E-state index in [9.17, 15) is 4.79 Å². The quantitative estimate of drug-likeness (QED) is 0.466. The van der Waals surface area contributed by atoms with Gasteiger partial charge in [0.15, 0.2) is 0 Å². The molecular formula is C23H30BrNO2. The van der Waals surface area contributed by atoms with Crippen LogP contribution in [0.1, 0.15) is 69.1 Å². The molecule has 1 amide bonds. The van der Waals surface area contributed by atoms with E-state index in [1.807, 2.05) is 25.1 Å². The van der Waals surface area contributed by atoms with Crippen molar-refractivity contribution in [2.75, 3.05) is 11.9 Å². The summed E-state index contributed by atoms with van der Waals surface area (Å²) in [6, 6.07) is 12.3. The molecule has 2 aromatic carbocycles. The van der Waals surface area contributed by atoms with Crippen molar-refractivity contribution in [1.82, 2.24) is 0 Å². The Labute approximate surface area is 171 Å². The predicted octanol–water partition coefficient (Wildman–Crippen LogP) is 6.80. The van der Waals surface area contributed by atoms with Crippen molar-refractivity contribution in [3.8, 4) is 5.75 Å². The van der Waals surface area contributed by atoms with Gasteiger partial charge in [-0.1, -0.05) is 52.0 Å². The molecule has 2 aromatic rings. The normalized spacial score (nSPS) is 11.1. The van der Waals surface area contributed by atoms with E-state index in [1.165, 1.54) is 11.1 Å². The number of hydrogen-bond donors (Lipinski definition) is 1. The van der Waals surface area contributed by atoms with Gasteiger partial charge in [0.05, 0.1) is 11.1 Å². The zero-order valence-corrected chi connectivity index (χ0v) is 18.5. The SMILES string of the molecule is Cc1cccc(C(C)C)c1NC(=O)CCCOc1ccc(C(C)C)cc1Br. The minimum absolute atomic E-state index is 0.0315. The molecule has 0 heterocycles. The molecule has 27 heavy (non-hydrogen) atoms. The Morgan fingerprint density at radius 3 is 2.48 bits per heavy atom. The fourth-order valence-electron chi connectivity index (χ4n) is 2.95. The number of aryl methyl sites for hydroxylation is 1. The van der Waals surface area contributed by atoms with Gasteiger partial charge in [-0.15, -0.1) is 0 Å². The topological polar surface area (TPSA) is 38.3 Å². The summed E-state index contributed by atoms with van der Waals surface area (Å²) in [7, 11) is 0. The summed E-state index contributed by atoms with van der Waals surface area (Å²) in [5.74, 6) is 1.70. The van der Waals surface area contributed by atoms with Crippen molar-refractivity contribution in [3.63, 3.8) is 0 Å². The fourth-order valence-corrected chi connectivity index (χ4v) is 3.46. The summed E-state index contributed by atoms with van der Waals surface area (Å²) in [5.41, 5.74) is 4.49. The van der Waals surface area contributed by atoms with Gasteiger partial charge in [-0.3, -0.25) is 4.79 Å². The van der Waals surface area contributed by atoms with E-state index in [0.29, 0.717) is 31.3 Å². The third-order valence-corrected chi connectivity index (χ3v) is 5.24. The summed E-state index contributed by atoms with van der Waals surface area (Å²) in [4.78, 5) is 12.4. The minimum atomic E-state index is 0.0315. The van der Waals surface area contributed by atoms with Gasteiger partial charge in [0.2, 0.25) is 5.91 Å². The molecule has 4 heteroatoms. The van der Waals surface area contributed by atoms with Crippen molar-refractivity contribution in [2.24, 2.45) is 0 Å². The number of nitrogens with one attached hydrogen (secondary N) is 1. The average Bonchev–Trinajstić information content (AvgIpc) is 2.61. The Morgan fingerprint density at radius 2 is 1.85 bits per heavy atom. The molecule has 0 radical (unpaired) electrons. The Kier molecular flexibility index (Phi) is 7.91. The molecule has 146 valence electrons. The number of rotatable bonds is 8. The summed E-state index contributed by atoms with van der Waals surface area (Å²) in [6.07, 6.45) is 1.11. The van der Waals surface area contributed by atoms with Crippen LogP contribution in [0.4, 0.5) is 5.69 Å². The van der Waals surface area contributed by atoms with E-state index in [0.717, 1.165) is 21.5 Å². The van der Waals surface area contributed by atoms with Gasteiger partial charge in [-0.2, -0.15) is 0 Å². The third kappa shape index (κ3) is 6.10. The molecule has 0 atom stereocenters. The van der Waals surface area contributed by atoms with Crippen LogP contribution in [0.5, 0.6) is 5.75 Å². The Morgan fingerprint density at radius 1 is 1.11 bits per heavy atom. The van der Waals surface area contributed by atoms with E-state index in [1.54, 1.807) is 0 Å². The highest BCUT2D eigenvalue weighted by molar-refractivity contribution is 9.10. The maximum Gasteiger partial charge on any atom is 0.224 e. The molecule has 2 rings (SSSR count). The van der Waals surface area contributed by atoms with Gasteiger partial charge in [0.1, 0.15) is 5.75 Å². The van der Waals surface area contributed by atoms with Crippen LogP contribution < -0.4 is 10.1 Å². The lowest BCUT2D eigenvalue weighted by Crippen LogP contribution is -2.15. The highest BCUT2D eigenvalue weighted by Gasteiger charge is 2.12. The molecule has 0 saturated carbocycles. The van der Waals surface area contributed by atoms with E-state index in [2.05, 4.69) is 67.1 Å². The molecule has 3 nitrogen and oxygen atoms in total. The zero-order chi connectivity index (χ0) is 20.0. The highest BCUT2D eigenvalue weighted by atomic mass is 79.9. The first kappa shape index (κ1) is 21.5. The number of carbonyl (C=O) groups excluding carboxylic acids is 1. The second-order valence-electron chi connectivity index (χ2n) is 7.54. The van der Waals surface area contributed by atoms with Crippen LogP contribution in [0.2, 0.25) is 0 Å². The first-order valence-electron chi connectivity index (χ1n) is 9.61. The van der Waals surface area contributed by atoms with E-state index >= 15 is 0 Å². The van der Waals surface area contributed by atoms with Gasteiger partial charge in [0.25, 0.3) is 0 Å². The van der Waals surface area contributed by atoms with E-state index < -0.39 is 0 Å². The summed E-state index contributed by atoms with van der Waals surface area (Å²) < 4.78 is 6.79. The molecule has 0 saturated heterocycles. The van der Waals surface area contributed by atoms with Crippen molar-refractivity contribution in [1.29, 1.82) is 0 Å². The van der Waals surface area contributed by atoms with Gasteiger partial charge < -0.3 is 10.1 Å². The lowest BCUT2D eigenvalue weighted by atomic mass is 9.98. The number of amides is 1. The number of benzene rings is 2. The highest BCUT2D eigenvalue weighted by Crippen LogP contribution is 2.29. The maximum atomic E-state index is 12.4. The molecule has 0 aliphatic rings. The van der Waals surface area contributed by atoms with Crippen LogP contribution in [0.3, 0.4) is 0 Å². The van der Waals surface area contributed by atoms with Gasteiger partial charge >= 0.3 is 0 Å². The molecule has 0 aromatic heterocycles. The number of halogens is 1. The number of ether oxygens (including phenoxy) is 1. The van der Waals surface area contributed by atoms with Crippen LogP contribution in [0.25, 0.3) is 0 Å². The average molecular weight is 432 g/mol. The first-order valence-corrected chi connectivity index (χ1v) is 10.4. The first-order chi connectivity index (χ1) is 12.8. The molecule has 0 aliphatic heterocycles. The van der Waals surface area contributed by atoms with Crippen LogP contribution in [0.15, 0.2) is 40.9 Å². The summed E-state index contributed by atoms with van der Waals surface area (Å²) in [5, 5.41) is 3.09. The van der Waals surface area contributed by atoms with Crippen molar-refractivity contribution in [2.45, 2.75) is 59.3 Å². The van der Waals surface area contributed by atoms with Crippen LogP contribution in [-0.2, 0) is 4.79 Å². The van der Waals surface area contributed by atoms with Crippen molar-refractivity contribution < 1.29 is 9.53 Å². The molecule has 0 unspecified atom stereocenters. The molecule has 0 spiro atoms. The second-order valence-corrected chi connectivity index (χ2v) is 8.39. The second kappa shape index (κ2) is 9.93. The van der Waals surface area contributed by atoms with E-state index in [-0.39, 0.29) is 5.91 Å². The lowest BCUT2D eigenvalue weighted by Gasteiger charge is -2.16. The number of anilines is 1. The van der Waals surface area contributed by atoms with E-state index in [4.69, 9.17) is 4.74 Å². The molecule has 0 bridgehead atoms. The number of para-hydroxylation sites is 1. The summed E-state index contributed by atoms with van der Waals surface area (Å²) >= 11 is 3.57. The predicted molar refractivity (Wildman–Crippen MR) is 117 cm³/mol. The van der Waals surface area contributed by atoms with Gasteiger partial charge in [-0.05, 0) is 69.9 Å². The fraction of sp³-hybridized carbons (Fsp3) is 0.435. The Hall–Kier alpha value is -1.81. The maximum absolute atomic E-state index is 12.4. The number of hydrogen-bond acceptors (Lipinski definition) is 2. The molecular weight excluding hydrogens is 402 g/mol. The smallest absolute Gasteiger partial charge is 0.224 e. The van der Waals surface area contributed by atoms with Crippen LogP contribution >= 0.6 is 15.9 Å².